The standard InChI is InChI=1S/C9H18N2OS/c1-9(4-5-9)11-8(13)10-6-3-7-12-2/h3-7H2,1-2H3,(H2,10,11,13). The Morgan fingerprint density at radius 1 is 1.54 bits per heavy atom. The molecule has 0 aliphatic heterocycles. The SMILES string of the molecule is COCCCNC(=S)NC1(C)CC1. The lowest BCUT2D eigenvalue weighted by Crippen LogP contribution is -2.42. The van der Waals surface area contributed by atoms with Crippen molar-refractivity contribution in [1.82, 2.24) is 10.6 Å². The maximum atomic E-state index is 5.13. The van der Waals surface area contributed by atoms with Crippen molar-refractivity contribution in [3.8, 4) is 0 Å². The van der Waals surface area contributed by atoms with Gasteiger partial charge >= 0.3 is 0 Å². The molecule has 1 fully saturated rings. The van der Waals surface area contributed by atoms with Crippen molar-refractivity contribution in [3.05, 3.63) is 0 Å². The quantitative estimate of drug-likeness (QED) is 0.515. The van der Waals surface area contributed by atoms with Gasteiger partial charge in [0, 0.05) is 25.8 Å². The van der Waals surface area contributed by atoms with Crippen molar-refractivity contribution >= 4 is 17.3 Å². The predicted molar refractivity (Wildman–Crippen MR) is 57.9 cm³/mol. The number of rotatable bonds is 5. The molecule has 0 radical (unpaired) electrons. The van der Waals surface area contributed by atoms with Crippen molar-refractivity contribution in [2.45, 2.75) is 31.7 Å². The molecule has 3 nitrogen and oxygen atoms in total. The number of methoxy groups -OCH3 is 1. The van der Waals surface area contributed by atoms with Crippen LogP contribution in [0.4, 0.5) is 0 Å². The average Bonchev–Trinajstić information content (AvgIpc) is 2.77. The summed E-state index contributed by atoms with van der Waals surface area (Å²) in [6.07, 6.45) is 3.45. The summed E-state index contributed by atoms with van der Waals surface area (Å²) >= 11 is 5.13. The van der Waals surface area contributed by atoms with Crippen LogP contribution in [0.1, 0.15) is 26.2 Å². The van der Waals surface area contributed by atoms with Crippen LogP contribution in [0.15, 0.2) is 0 Å². The summed E-state index contributed by atoms with van der Waals surface area (Å²) in [4.78, 5) is 0. The highest BCUT2D eigenvalue weighted by Crippen LogP contribution is 2.33. The minimum absolute atomic E-state index is 0.283. The van der Waals surface area contributed by atoms with Crippen LogP contribution in [0.5, 0.6) is 0 Å². The Hall–Kier alpha value is -0.350. The molecule has 76 valence electrons. The molecule has 0 atom stereocenters. The number of hydrogen-bond donors (Lipinski definition) is 2. The second-order valence-electron chi connectivity index (χ2n) is 3.79. The van der Waals surface area contributed by atoms with Gasteiger partial charge in [-0.15, -0.1) is 0 Å². The van der Waals surface area contributed by atoms with Gasteiger partial charge in [0.15, 0.2) is 5.11 Å². The lowest BCUT2D eigenvalue weighted by atomic mass is 10.3. The summed E-state index contributed by atoms with van der Waals surface area (Å²) in [7, 11) is 1.71. The summed E-state index contributed by atoms with van der Waals surface area (Å²) in [5.41, 5.74) is 0.283. The van der Waals surface area contributed by atoms with Gasteiger partial charge in [0.05, 0.1) is 0 Å². The molecule has 4 heteroatoms. The Bertz CT molecular complexity index is 180. The van der Waals surface area contributed by atoms with E-state index in [2.05, 4.69) is 17.6 Å². The predicted octanol–water partition coefficient (Wildman–Crippen LogP) is 1.04. The van der Waals surface area contributed by atoms with E-state index in [-0.39, 0.29) is 5.54 Å². The Kier molecular flexibility index (Phi) is 3.93. The summed E-state index contributed by atoms with van der Waals surface area (Å²) in [5, 5.41) is 7.22. The zero-order chi connectivity index (χ0) is 9.73. The molecule has 0 aromatic heterocycles. The van der Waals surface area contributed by atoms with Crippen LogP contribution in [0.2, 0.25) is 0 Å². The largest absolute Gasteiger partial charge is 0.385 e. The topological polar surface area (TPSA) is 33.3 Å². The Morgan fingerprint density at radius 2 is 2.23 bits per heavy atom. The molecule has 1 aliphatic rings. The second-order valence-corrected chi connectivity index (χ2v) is 4.20. The molecule has 1 rings (SSSR count). The van der Waals surface area contributed by atoms with Gasteiger partial charge in [-0.1, -0.05) is 0 Å². The van der Waals surface area contributed by atoms with Gasteiger partial charge in [0.2, 0.25) is 0 Å². The van der Waals surface area contributed by atoms with E-state index >= 15 is 0 Å². The van der Waals surface area contributed by atoms with Crippen LogP contribution in [-0.4, -0.2) is 30.9 Å². The van der Waals surface area contributed by atoms with Gasteiger partial charge in [0.1, 0.15) is 0 Å². The molecular weight excluding hydrogens is 184 g/mol. The molecule has 0 saturated heterocycles. The second kappa shape index (κ2) is 4.77. The zero-order valence-corrected chi connectivity index (χ0v) is 9.17. The van der Waals surface area contributed by atoms with E-state index in [0.717, 1.165) is 24.7 Å². The van der Waals surface area contributed by atoms with Crippen molar-refractivity contribution in [3.63, 3.8) is 0 Å². The molecule has 0 heterocycles. The molecule has 0 bridgehead atoms. The van der Waals surface area contributed by atoms with Gasteiger partial charge in [-0.05, 0) is 38.4 Å². The van der Waals surface area contributed by atoms with E-state index in [1.54, 1.807) is 7.11 Å². The summed E-state index contributed by atoms with van der Waals surface area (Å²) in [6.45, 7) is 3.86. The van der Waals surface area contributed by atoms with Crippen molar-refractivity contribution in [2.24, 2.45) is 0 Å². The summed E-state index contributed by atoms with van der Waals surface area (Å²) in [6, 6.07) is 0. The molecule has 0 aromatic rings. The van der Waals surface area contributed by atoms with E-state index < -0.39 is 0 Å². The molecule has 1 saturated carbocycles. The van der Waals surface area contributed by atoms with Crippen LogP contribution >= 0.6 is 12.2 Å². The van der Waals surface area contributed by atoms with E-state index in [4.69, 9.17) is 17.0 Å². The van der Waals surface area contributed by atoms with E-state index in [9.17, 15) is 0 Å². The fraction of sp³-hybridized carbons (Fsp3) is 0.889. The van der Waals surface area contributed by atoms with E-state index in [1.807, 2.05) is 0 Å². The minimum Gasteiger partial charge on any atom is -0.385 e. The highest BCUT2D eigenvalue weighted by atomic mass is 32.1. The van der Waals surface area contributed by atoms with Crippen LogP contribution in [0.25, 0.3) is 0 Å². The summed E-state index contributed by atoms with van der Waals surface area (Å²) in [5.74, 6) is 0. The third kappa shape index (κ3) is 4.43. The van der Waals surface area contributed by atoms with Crippen LogP contribution in [-0.2, 0) is 4.74 Å². The first-order chi connectivity index (χ1) is 6.16. The fourth-order valence-corrected chi connectivity index (χ4v) is 1.40. The van der Waals surface area contributed by atoms with E-state index in [1.165, 1.54) is 12.8 Å². The molecular formula is C9H18N2OS. The fourth-order valence-electron chi connectivity index (χ4n) is 1.05. The molecule has 0 aromatic carbocycles. The Morgan fingerprint density at radius 3 is 2.77 bits per heavy atom. The van der Waals surface area contributed by atoms with Crippen molar-refractivity contribution in [2.75, 3.05) is 20.3 Å². The first-order valence-corrected chi connectivity index (χ1v) is 5.12. The first-order valence-electron chi connectivity index (χ1n) is 4.71. The van der Waals surface area contributed by atoms with Crippen molar-refractivity contribution < 1.29 is 4.74 Å². The average molecular weight is 202 g/mol. The van der Waals surface area contributed by atoms with Crippen LogP contribution < -0.4 is 10.6 Å². The van der Waals surface area contributed by atoms with E-state index in [0.29, 0.717) is 0 Å². The molecule has 0 unspecified atom stereocenters. The third-order valence-corrected chi connectivity index (χ3v) is 2.47. The smallest absolute Gasteiger partial charge is 0.166 e. The number of hydrogen-bond acceptors (Lipinski definition) is 2. The minimum atomic E-state index is 0.283. The molecule has 1 aliphatic carbocycles. The third-order valence-electron chi connectivity index (χ3n) is 2.23. The van der Waals surface area contributed by atoms with Gasteiger partial charge in [0.25, 0.3) is 0 Å². The number of thiocarbonyl (C=S) groups is 1. The van der Waals surface area contributed by atoms with Gasteiger partial charge in [-0.3, -0.25) is 0 Å². The Labute approximate surface area is 85.2 Å². The lowest BCUT2D eigenvalue weighted by Gasteiger charge is -2.15. The van der Waals surface area contributed by atoms with Gasteiger partial charge in [-0.25, -0.2) is 0 Å². The maximum Gasteiger partial charge on any atom is 0.166 e. The van der Waals surface area contributed by atoms with Crippen molar-refractivity contribution in [1.29, 1.82) is 0 Å². The number of ether oxygens (including phenoxy) is 1. The Balaban J connectivity index is 1.98. The highest BCUT2D eigenvalue weighted by molar-refractivity contribution is 7.80. The van der Waals surface area contributed by atoms with Gasteiger partial charge < -0.3 is 15.4 Å². The molecule has 0 amide bonds. The number of nitrogens with one attached hydrogen (secondary N) is 2. The maximum absolute atomic E-state index is 5.13. The molecule has 13 heavy (non-hydrogen) atoms. The van der Waals surface area contributed by atoms with Crippen LogP contribution in [0.3, 0.4) is 0 Å². The highest BCUT2D eigenvalue weighted by Gasteiger charge is 2.37. The lowest BCUT2D eigenvalue weighted by molar-refractivity contribution is 0.195. The monoisotopic (exact) mass is 202 g/mol. The molecule has 0 spiro atoms. The zero-order valence-electron chi connectivity index (χ0n) is 8.35. The van der Waals surface area contributed by atoms with Gasteiger partial charge in [-0.2, -0.15) is 0 Å². The summed E-state index contributed by atoms with van der Waals surface area (Å²) < 4.78 is 4.93. The molecule has 2 N–H and O–H groups in total. The first kappa shape index (κ1) is 10.7. The normalized spacial score (nSPS) is 18.0. The van der Waals surface area contributed by atoms with Crippen LogP contribution in [0, 0.1) is 0 Å².